The maximum Gasteiger partial charge on any atom is 0.442 e. The van der Waals surface area contributed by atoms with E-state index in [0.717, 1.165) is 38.2 Å². The molecular formula is C18H27F3N4. The molecule has 1 aromatic rings. The number of nitrogens with one attached hydrogen (secondary N) is 1. The van der Waals surface area contributed by atoms with Gasteiger partial charge in [-0.2, -0.15) is 13.2 Å². The van der Waals surface area contributed by atoms with Gasteiger partial charge in [0.25, 0.3) is 0 Å². The van der Waals surface area contributed by atoms with E-state index in [-0.39, 0.29) is 5.56 Å². The lowest BCUT2D eigenvalue weighted by Crippen LogP contribution is -2.33. The summed E-state index contributed by atoms with van der Waals surface area (Å²) in [4.78, 5) is 2.45. The van der Waals surface area contributed by atoms with Gasteiger partial charge in [0.2, 0.25) is 0 Å². The Morgan fingerprint density at radius 2 is 1.68 bits per heavy atom. The summed E-state index contributed by atoms with van der Waals surface area (Å²) in [6.45, 7) is 9.08. The Kier molecular flexibility index (Phi) is 6.95. The van der Waals surface area contributed by atoms with Crippen molar-refractivity contribution in [2.75, 3.05) is 26.2 Å². The average molecular weight is 356 g/mol. The quantitative estimate of drug-likeness (QED) is 0.594. The standard InChI is InChI=1S/C18H27F3N4/c1-3-5-12-25(11-4-2)13-10-22-14-15-6-8-16(9-7-15)17(23-24-17)18(19,20)21/h6-9,22H,3-5,10-14H2,1-2H3. The molecule has 0 amide bonds. The fourth-order valence-corrected chi connectivity index (χ4v) is 2.80. The van der Waals surface area contributed by atoms with Crippen LogP contribution in [0.5, 0.6) is 0 Å². The molecule has 0 unspecified atom stereocenters. The summed E-state index contributed by atoms with van der Waals surface area (Å²) in [6.07, 6.45) is -0.924. The second-order valence-electron chi connectivity index (χ2n) is 6.44. The molecule has 7 heteroatoms. The molecule has 0 radical (unpaired) electrons. The summed E-state index contributed by atoms with van der Waals surface area (Å²) in [5.41, 5.74) is -1.28. The summed E-state index contributed by atoms with van der Waals surface area (Å²) >= 11 is 0. The van der Waals surface area contributed by atoms with E-state index in [9.17, 15) is 13.2 Å². The minimum Gasteiger partial charge on any atom is -0.311 e. The Labute approximate surface area is 147 Å². The minimum atomic E-state index is -4.46. The van der Waals surface area contributed by atoms with Crippen molar-refractivity contribution < 1.29 is 13.2 Å². The molecule has 1 aromatic carbocycles. The molecule has 140 valence electrons. The van der Waals surface area contributed by atoms with E-state index in [1.54, 1.807) is 12.1 Å². The van der Waals surface area contributed by atoms with Crippen molar-refractivity contribution in [3.05, 3.63) is 35.4 Å². The molecule has 0 bridgehead atoms. The van der Waals surface area contributed by atoms with E-state index >= 15 is 0 Å². The molecule has 2 rings (SSSR count). The monoisotopic (exact) mass is 356 g/mol. The van der Waals surface area contributed by atoms with Gasteiger partial charge in [0.1, 0.15) is 0 Å². The van der Waals surface area contributed by atoms with Crippen LogP contribution in [0, 0.1) is 0 Å². The molecular weight excluding hydrogens is 329 g/mol. The number of nitrogens with zero attached hydrogens (tertiary/aromatic N) is 3. The predicted octanol–water partition coefficient (Wildman–Crippen LogP) is 4.47. The first kappa shape index (κ1) is 19.8. The number of halogens is 3. The molecule has 1 aliphatic heterocycles. The molecule has 1 aliphatic rings. The summed E-state index contributed by atoms with van der Waals surface area (Å²) in [5, 5.41) is 9.80. The first-order valence-electron chi connectivity index (χ1n) is 8.96. The number of alkyl halides is 3. The number of hydrogen-bond donors (Lipinski definition) is 1. The lowest BCUT2D eigenvalue weighted by molar-refractivity contribution is -0.166. The van der Waals surface area contributed by atoms with Crippen LogP contribution in [0.3, 0.4) is 0 Å². The van der Waals surface area contributed by atoms with E-state index < -0.39 is 11.8 Å². The SMILES string of the molecule is CCCCN(CCC)CCNCc1ccc(C2(C(F)(F)F)N=N2)cc1. The van der Waals surface area contributed by atoms with Crippen LogP contribution in [-0.2, 0) is 12.2 Å². The van der Waals surface area contributed by atoms with Crippen molar-refractivity contribution in [2.24, 2.45) is 10.2 Å². The third-order valence-electron chi connectivity index (χ3n) is 4.35. The van der Waals surface area contributed by atoms with Gasteiger partial charge < -0.3 is 10.2 Å². The Morgan fingerprint density at radius 3 is 2.20 bits per heavy atom. The van der Waals surface area contributed by atoms with E-state index in [0.29, 0.717) is 6.54 Å². The van der Waals surface area contributed by atoms with Gasteiger partial charge in [-0.3, -0.25) is 0 Å². The highest BCUT2D eigenvalue weighted by Crippen LogP contribution is 2.52. The van der Waals surface area contributed by atoms with Crippen LogP contribution in [0.1, 0.15) is 44.2 Å². The third-order valence-corrected chi connectivity index (χ3v) is 4.35. The smallest absolute Gasteiger partial charge is 0.311 e. The highest BCUT2D eigenvalue weighted by atomic mass is 19.4. The second kappa shape index (κ2) is 8.76. The van der Waals surface area contributed by atoms with Gasteiger partial charge in [0.05, 0.1) is 0 Å². The van der Waals surface area contributed by atoms with Gasteiger partial charge in [-0.1, -0.05) is 44.5 Å². The van der Waals surface area contributed by atoms with Crippen LogP contribution >= 0.6 is 0 Å². The molecule has 0 saturated heterocycles. The predicted molar refractivity (Wildman–Crippen MR) is 92.4 cm³/mol. The zero-order valence-corrected chi connectivity index (χ0v) is 14.9. The van der Waals surface area contributed by atoms with Gasteiger partial charge in [-0.25, -0.2) is 0 Å². The lowest BCUT2D eigenvalue weighted by atomic mass is 10.0. The summed E-state index contributed by atoms with van der Waals surface area (Å²) < 4.78 is 38.9. The summed E-state index contributed by atoms with van der Waals surface area (Å²) in [5.74, 6) is 0. The maximum atomic E-state index is 13.0. The Hall–Kier alpha value is -1.47. The van der Waals surface area contributed by atoms with Crippen LogP contribution in [0.2, 0.25) is 0 Å². The molecule has 1 heterocycles. The van der Waals surface area contributed by atoms with Gasteiger partial charge in [-0.05, 0) is 31.5 Å². The zero-order chi connectivity index (χ0) is 18.3. The highest BCUT2D eigenvalue weighted by Gasteiger charge is 2.65. The van der Waals surface area contributed by atoms with E-state index in [1.807, 2.05) is 0 Å². The van der Waals surface area contributed by atoms with Crippen molar-refractivity contribution in [1.82, 2.24) is 10.2 Å². The number of benzene rings is 1. The summed E-state index contributed by atoms with van der Waals surface area (Å²) in [6, 6.07) is 6.35. The molecule has 0 spiro atoms. The highest BCUT2D eigenvalue weighted by molar-refractivity contribution is 5.32. The molecule has 0 aliphatic carbocycles. The second-order valence-corrected chi connectivity index (χ2v) is 6.44. The molecule has 4 nitrogen and oxygen atoms in total. The fourth-order valence-electron chi connectivity index (χ4n) is 2.80. The van der Waals surface area contributed by atoms with Crippen molar-refractivity contribution in [3.8, 4) is 0 Å². The molecule has 1 N–H and O–H groups in total. The zero-order valence-electron chi connectivity index (χ0n) is 14.9. The third kappa shape index (κ3) is 5.25. The van der Waals surface area contributed by atoms with E-state index in [4.69, 9.17) is 0 Å². The molecule has 0 atom stereocenters. The van der Waals surface area contributed by atoms with Crippen LogP contribution < -0.4 is 5.32 Å². The van der Waals surface area contributed by atoms with Gasteiger partial charge in [0, 0.05) is 25.2 Å². The van der Waals surface area contributed by atoms with Crippen molar-refractivity contribution >= 4 is 0 Å². The Morgan fingerprint density at radius 1 is 1.00 bits per heavy atom. The lowest BCUT2D eigenvalue weighted by Gasteiger charge is -2.21. The normalized spacial score (nSPS) is 15.8. The largest absolute Gasteiger partial charge is 0.442 e. The minimum absolute atomic E-state index is 0.0810. The molecule has 0 saturated carbocycles. The maximum absolute atomic E-state index is 13.0. The van der Waals surface area contributed by atoms with Crippen molar-refractivity contribution in [1.29, 1.82) is 0 Å². The van der Waals surface area contributed by atoms with Crippen LogP contribution in [-0.4, -0.2) is 37.3 Å². The Balaban J connectivity index is 1.77. The van der Waals surface area contributed by atoms with Crippen molar-refractivity contribution in [2.45, 2.75) is 51.5 Å². The number of hydrogen-bond acceptors (Lipinski definition) is 4. The molecule has 25 heavy (non-hydrogen) atoms. The number of unbranched alkanes of at least 4 members (excludes halogenated alkanes) is 1. The van der Waals surface area contributed by atoms with Crippen LogP contribution in [0.15, 0.2) is 34.5 Å². The first-order valence-corrected chi connectivity index (χ1v) is 8.96. The van der Waals surface area contributed by atoms with Gasteiger partial charge in [0.15, 0.2) is 0 Å². The van der Waals surface area contributed by atoms with Gasteiger partial charge in [-0.15, -0.1) is 10.2 Å². The van der Waals surface area contributed by atoms with Gasteiger partial charge >= 0.3 is 11.8 Å². The van der Waals surface area contributed by atoms with Crippen LogP contribution in [0.4, 0.5) is 13.2 Å². The molecule has 0 fully saturated rings. The van der Waals surface area contributed by atoms with Crippen LogP contribution in [0.25, 0.3) is 0 Å². The topological polar surface area (TPSA) is 40.0 Å². The van der Waals surface area contributed by atoms with Crippen molar-refractivity contribution in [3.63, 3.8) is 0 Å². The average Bonchev–Trinajstić information content (AvgIpc) is 3.38. The van der Waals surface area contributed by atoms with E-state index in [2.05, 4.69) is 34.3 Å². The number of rotatable bonds is 11. The first-order chi connectivity index (χ1) is 11.9. The molecule has 0 aromatic heterocycles. The van der Waals surface area contributed by atoms with E-state index in [1.165, 1.54) is 25.0 Å². The Bertz CT molecular complexity index is 548. The fraction of sp³-hybridized carbons (Fsp3) is 0.667. The summed E-state index contributed by atoms with van der Waals surface area (Å²) in [7, 11) is 0.